The fourth-order valence-electron chi connectivity index (χ4n) is 0.706. The van der Waals surface area contributed by atoms with E-state index in [2.05, 4.69) is 9.36 Å². The number of hydrogen-bond donors (Lipinski definition) is 0. The van der Waals surface area contributed by atoms with Gasteiger partial charge in [0.15, 0.2) is 5.01 Å². The van der Waals surface area contributed by atoms with E-state index in [0.29, 0.717) is 5.28 Å². The smallest absolute Gasteiger partial charge is 0.204 e. The molecule has 0 aliphatic carbocycles. The van der Waals surface area contributed by atoms with Crippen molar-refractivity contribution in [2.24, 2.45) is 0 Å². The average molecular weight is 203 g/mol. The van der Waals surface area contributed by atoms with Crippen LogP contribution in [0.2, 0.25) is 5.28 Å². The van der Waals surface area contributed by atoms with Crippen LogP contribution in [0.4, 0.5) is 0 Å². The molecule has 0 spiro atoms. The molecule has 56 valence electrons. The van der Waals surface area contributed by atoms with Crippen molar-refractivity contribution in [3.63, 3.8) is 0 Å². The topological polar surface area (TPSA) is 25.8 Å². The number of rotatable bonds is 1. The number of nitrogens with zero attached hydrogens (tertiary/aromatic N) is 2. The second kappa shape index (κ2) is 2.89. The van der Waals surface area contributed by atoms with Gasteiger partial charge in [-0.2, -0.15) is 4.37 Å². The van der Waals surface area contributed by atoms with E-state index in [4.69, 9.17) is 11.6 Å². The molecule has 2 heterocycles. The molecule has 0 N–H and O–H groups in total. The van der Waals surface area contributed by atoms with E-state index in [1.165, 1.54) is 11.5 Å². The summed E-state index contributed by atoms with van der Waals surface area (Å²) in [5.74, 6) is 0. The Morgan fingerprint density at radius 2 is 2.36 bits per heavy atom. The molecule has 5 heteroatoms. The number of thiophene rings is 1. The van der Waals surface area contributed by atoms with Gasteiger partial charge in [-0.25, -0.2) is 4.98 Å². The summed E-state index contributed by atoms with van der Waals surface area (Å²) in [5.41, 5.74) is 0. The average Bonchev–Trinajstić information content (AvgIpc) is 2.55. The Bertz CT molecular complexity index is 341. The molecule has 11 heavy (non-hydrogen) atoms. The molecule has 0 amide bonds. The summed E-state index contributed by atoms with van der Waals surface area (Å²) in [5, 5.41) is 3.23. The third-order valence-corrected chi connectivity index (χ3v) is 3.16. The van der Waals surface area contributed by atoms with Gasteiger partial charge < -0.3 is 0 Å². The maximum absolute atomic E-state index is 5.57. The standard InChI is InChI=1S/C6H3ClN2S2/c7-6-8-5(11-9-6)4-2-1-3-10-4/h1-3H. The van der Waals surface area contributed by atoms with Gasteiger partial charge >= 0.3 is 0 Å². The van der Waals surface area contributed by atoms with Crippen molar-refractivity contribution in [1.82, 2.24) is 9.36 Å². The second-order valence-corrected chi connectivity index (χ2v) is 3.88. The fraction of sp³-hybridized carbons (Fsp3) is 0. The highest BCUT2D eigenvalue weighted by atomic mass is 35.5. The van der Waals surface area contributed by atoms with Crippen molar-refractivity contribution in [3.05, 3.63) is 22.8 Å². The lowest BCUT2D eigenvalue weighted by atomic mass is 10.5. The van der Waals surface area contributed by atoms with Crippen LogP contribution in [0, 0.1) is 0 Å². The molecule has 2 nitrogen and oxygen atoms in total. The first kappa shape index (κ1) is 7.21. The van der Waals surface area contributed by atoms with Crippen LogP contribution in [-0.4, -0.2) is 9.36 Å². The monoisotopic (exact) mass is 202 g/mol. The Balaban J connectivity index is 2.45. The Labute approximate surface area is 76.7 Å². The van der Waals surface area contributed by atoms with E-state index in [-0.39, 0.29) is 0 Å². The molecule has 0 fully saturated rings. The minimum atomic E-state index is 0.332. The summed E-state index contributed by atoms with van der Waals surface area (Å²) in [7, 11) is 0. The van der Waals surface area contributed by atoms with E-state index < -0.39 is 0 Å². The van der Waals surface area contributed by atoms with Gasteiger partial charge in [-0.05, 0) is 34.6 Å². The Morgan fingerprint density at radius 3 is 2.91 bits per heavy atom. The fourth-order valence-corrected chi connectivity index (χ4v) is 2.30. The quantitative estimate of drug-likeness (QED) is 0.711. The first-order chi connectivity index (χ1) is 5.36. The first-order valence-electron chi connectivity index (χ1n) is 2.89. The molecule has 0 radical (unpaired) electrons. The van der Waals surface area contributed by atoms with Gasteiger partial charge in [0.25, 0.3) is 0 Å². The van der Waals surface area contributed by atoms with Crippen LogP contribution in [0.25, 0.3) is 9.88 Å². The molecular weight excluding hydrogens is 200 g/mol. The van der Waals surface area contributed by atoms with Crippen LogP contribution in [-0.2, 0) is 0 Å². The summed E-state index contributed by atoms with van der Waals surface area (Å²) < 4.78 is 3.88. The Hall–Kier alpha value is -0.450. The van der Waals surface area contributed by atoms with E-state index in [9.17, 15) is 0 Å². The van der Waals surface area contributed by atoms with Gasteiger partial charge in [0.2, 0.25) is 5.28 Å². The van der Waals surface area contributed by atoms with Crippen molar-refractivity contribution < 1.29 is 0 Å². The van der Waals surface area contributed by atoms with Gasteiger partial charge in [0.1, 0.15) is 0 Å². The summed E-state index contributed by atoms with van der Waals surface area (Å²) >= 11 is 8.53. The zero-order chi connectivity index (χ0) is 7.68. The van der Waals surface area contributed by atoms with E-state index in [1.54, 1.807) is 11.3 Å². The molecular formula is C6H3ClN2S2. The molecule has 0 aromatic carbocycles. The molecule has 0 saturated heterocycles. The molecule has 0 aliphatic heterocycles. The molecule has 0 saturated carbocycles. The van der Waals surface area contributed by atoms with Gasteiger partial charge in [0.05, 0.1) is 4.88 Å². The molecule has 0 atom stereocenters. The summed E-state index contributed by atoms with van der Waals surface area (Å²) in [6.45, 7) is 0. The Morgan fingerprint density at radius 1 is 1.45 bits per heavy atom. The predicted molar refractivity (Wildman–Crippen MR) is 48.2 cm³/mol. The highest BCUT2D eigenvalue weighted by molar-refractivity contribution is 7.18. The number of aromatic nitrogens is 2. The lowest BCUT2D eigenvalue weighted by Gasteiger charge is -1.82. The lowest BCUT2D eigenvalue weighted by molar-refractivity contribution is 1.34. The van der Waals surface area contributed by atoms with Gasteiger partial charge in [-0.3, -0.25) is 0 Å². The van der Waals surface area contributed by atoms with Crippen LogP contribution in [0.5, 0.6) is 0 Å². The maximum atomic E-state index is 5.57. The van der Waals surface area contributed by atoms with E-state index in [1.807, 2.05) is 17.5 Å². The largest absolute Gasteiger partial charge is 0.234 e. The van der Waals surface area contributed by atoms with Crippen molar-refractivity contribution in [2.45, 2.75) is 0 Å². The van der Waals surface area contributed by atoms with E-state index in [0.717, 1.165) is 9.88 Å². The van der Waals surface area contributed by atoms with Crippen molar-refractivity contribution in [1.29, 1.82) is 0 Å². The highest BCUT2D eigenvalue weighted by Crippen LogP contribution is 2.26. The third-order valence-electron chi connectivity index (χ3n) is 1.13. The van der Waals surface area contributed by atoms with Crippen LogP contribution < -0.4 is 0 Å². The van der Waals surface area contributed by atoms with Gasteiger partial charge in [-0.15, -0.1) is 11.3 Å². The third kappa shape index (κ3) is 1.42. The Kier molecular flexibility index (Phi) is 1.89. The first-order valence-corrected chi connectivity index (χ1v) is 4.92. The summed E-state index contributed by atoms with van der Waals surface area (Å²) in [6, 6.07) is 3.98. The predicted octanol–water partition coefficient (Wildman–Crippen LogP) is 2.92. The summed E-state index contributed by atoms with van der Waals surface area (Å²) in [6.07, 6.45) is 0. The molecule has 2 aromatic heterocycles. The minimum Gasteiger partial charge on any atom is -0.204 e. The van der Waals surface area contributed by atoms with Gasteiger partial charge in [0, 0.05) is 0 Å². The van der Waals surface area contributed by atoms with Crippen LogP contribution >= 0.6 is 34.5 Å². The highest BCUT2D eigenvalue weighted by Gasteiger charge is 2.03. The molecule has 0 aliphatic rings. The molecule has 0 bridgehead atoms. The number of hydrogen-bond acceptors (Lipinski definition) is 4. The SMILES string of the molecule is Clc1nsc(-c2cccs2)n1. The minimum absolute atomic E-state index is 0.332. The summed E-state index contributed by atoms with van der Waals surface area (Å²) in [4.78, 5) is 5.16. The second-order valence-electron chi connectivity index (χ2n) is 1.85. The lowest BCUT2D eigenvalue weighted by Crippen LogP contribution is -1.66. The van der Waals surface area contributed by atoms with Crippen LogP contribution in [0.1, 0.15) is 0 Å². The normalized spacial score (nSPS) is 10.3. The van der Waals surface area contributed by atoms with Crippen LogP contribution in [0.15, 0.2) is 17.5 Å². The molecule has 2 rings (SSSR count). The molecule has 2 aromatic rings. The zero-order valence-corrected chi connectivity index (χ0v) is 7.71. The van der Waals surface area contributed by atoms with Crippen molar-refractivity contribution in [2.75, 3.05) is 0 Å². The molecule has 0 unspecified atom stereocenters. The van der Waals surface area contributed by atoms with E-state index >= 15 is 0 Å². The maximum Gasteiger partial charge on any atom is 0.234 e. The number of halogens is 1. The van der Waals surface area contributed by atoms with Crippen LogP contribution in [0.3, 0.4) is 0 Å². The van der Waals surface area contributed by atoms with Gasteiger partial charge in [-0.1, -0.05) is 6.07 Å². The zero-order valence-electron chi connectivity index (χ0n) is 5.32. The van der Waals surface area contributed by atoms with Crippen molar-refractivity contribution >= 4 is 34.5 Å². The van der Waals surface area contributed by atoms with Crippen molar-refractivity contribution in [3.8, 4) is 9.88 Å².